The number of hydrogen-bond acceptors (Lipinski definition) is 7. The first kappa shape index (κ1) is 20.4. The maximum Gasteiger partial charge on any atom is 0.251 e. The second-order valence-corrected chi connectivity index (χ2v) is 8.64. The van der Waals surface area contributed by atoms with Gasteiger partial charge in [0.25, 0.3) is 5.91 Å². The van der Waals surface area contributed by atoms with Crippen molar-refractivity contribution in [3.63, 3.8) is 0 Å². The van der Waals surface area contributed by atoms with Gasteiger partial charge in [-0.25, -0.2) is 4.98 Å². The van der Waals surface area contributed by atoms with Crippen molar-refractivity contribution in [2.45, 2.75) is 39.3 Å². The van der Waals surface area contributed by atoms with E-state index in [2.05, 4.69) is 20.3 Å². The summed E-state index contributed by atoms with van der Waals surface area (Å²) in [6, 6.07) is 5.27. The van der Waals surface area contributed by atoms with Crippen molar-refractivity contribution in [3.8, 4) is 16.3 Å². The van der Waals surface area contributed by atoms with E-state index in [1.54, 1.807) is 29.8 Å². The monoisotopic (exact) mass is 424 g/mol. The summed E-state index contributed by atoms with van der Waals surface area (Å²) in [6.07, 6.45) is 6.04. The number of hydrogen-bond donors (Lipinski definition) is 1. The van der Waals surface area contributed by atoms with E-state index in [1.165, 1.54) is 0 Å². The molecule has 1 aromatic carbocycles. The molecule has 0 radical (unpaired) electrons. The van der Waals surface area contributed by atoms with Crippen molar-refractivity contribution in [2.24, 2.45) is 0 Å². The molecule has 0 aliphatic carbocycles. The molecule has 0 spiro atoms. The molecule has 1 aliphatic heterocycles. The lowest BCUT2D eigenvalue weighted by atomic mass is 10.1. The number of aromatic nitrogens is 3. The van der Waals surface area contributed by atoms with Crippen molar-refractivity contribution in [1.29, 1.82) is 0 Å². The van der Waals surface area contributed by atoms with Gasteiger partial charge in [0.1, 0.15) is 16.9 Å². The van der Waals surface area contributed by atoms with Crippen LogP contribution in [0, 0.1) is 13.8 Å². The van der Waals surface area contributed by atoms with Gasteiger partial charge in [-0.1, -0.05) is 0 Å². The number of rotatable bonds is 6. The number of carbonyl (C=O) groups excluding carboxylic acids is 1. The predicted octanol–water partition coefficient (Wildman–Crippen LogP) is 3.88. The van der Waals surface area contributed by atoms with E-state index in [0.717, 1.165) is 27.6 Å². The number of ether oxygens (including phenoxy) is 2. The smallest absolute Gasteiger partial charge is 0.251 e. The van der Waals surface area contributed by atoms with Crippen molar-refractivity contribution in [1.82, 2.24) is 20.3 Å². The zero-order valence-corrected chi connectivity index (χ0v) is 18.0. The lowest BCUT2D eigenvalue weighted by Gasteiger charge is -2.16. The van der Waals surface area contributed by atoms with Crippen LogP contribution in [0.25, 0.3) is 10.6 Å². The van der Waals surface area contributed by atoms with Crippen LogP contribution in [0.2, 0.25) is 0 Å². The number of carbonyl (C=O) groups is 1. The summed E-state index contributed by atoms with van der Waals surface area (Å²) in [6.45, 7) is 7.03. The molecular formula is C22H24N4O3S. The lowest BCUT2D eigenvalue weighted by Crippen LogP contribution is -2.27. The fourth-order valence-electron chi connectivity index (χ4n) is 3.19. The van der Waals surface area contributed by atoms with Crippen molar-refractivity contribution < 1.29 is 14.3 Å². The number of nitrogens with one attached hydrogen (secondary N) is 1. The summed E-state index contributed by atoms with van der Waals surface area (Å²) in [5, 5.41) is 3.85. The molecule has 8 heteroatoms. The Kier molecular flexibility index (Phi) is 6.06. The summed E-state index contributed by atoms with van der Waals surface area (Å²) in [7, 11) is 0. The van der Waals surface area contributed by atoms with Crippen LogP contribution < -0.4 is 10.1 Å². The third-order valence-corrected chi connectivity index (χ3v) is 5.78. The maximum absolute atomic E-state index is 13.0. The maximum atomic E-state index is 13.0. The van der Waals surface area contributed by atoms with Crippen LogP contribution in [0.15, 0.2) is 36.8 Å². The highest BCUT2D eigenvalue weighted by Gasteiger charge is 2.20. The Labute approximate surface area is 179 Å². The second kappa shape index (κ2) is 8.89. The molecule has 0 saturated carbocycles. The summed E-state index contributed by atoms with van der Waals surface area (Å²) in [4.78, 5) is 27.2. The van der Waals surface area contributed by atoms with E-state index in [-0.39, 0.29) is 18.1 Å². The number of amides is 1. The number of thiazole rings is 1. The SMILES string of the molecule is Cc1cnc(C(C)NC(=O)c2cc(O[C@@H]3CCOC3)cc(-c3ncc(C)s3)c2)cn1. The van der Waals surface area contributed by atoms with Gasteiger partial charge < -0.3 is 14.8 Å². The first-order valence-electron chi connectivity index (χ1n) is 9.89. The molecular weight excluding hydrogens is 400 g/mol. The lowest BCUT2D eigenvalue weighted by molar-refractivity contribution is 0.0938. The van der Waals surface area contributed by atoms with Gasteiger partial charge in [0.15, 0.2) is 0 Å². The van der Waals surface area contributed by atoms with Crippen molar-refractivity contribution >= 4 is 17.2 Å². The van der Waals surface area contributed by atoms with Gasteiger partial charge in [0.2, 0.25) is 0 Å². The Hall–Kier alpha value is -2.84. The van der Waals surface area contributed by atoms with E-state index >= 15 is 0 Å². The van der Waals surface area contributed by atoms with Crippen molar-refractivity contribution in [3.05, 3.63) is 58.6 Å². The van der Waals surface area contributed by atoms with Crippen molar-refractivity contribution in [2.75, 3.05) is 13.2 Å². The van der Waals surface area contributed by atoms with Gasteiger partial charge in [-0.05, 0) is 39.0 Å². The molecule has 3 aromatic rings. The second-order valence-electron chi connectivity index (χ2n) is 7.40. The predicted molar refractivity (Wildman–Crippen MR) is 115 cm³/mol. The van der Waals surface area contributed by atoms with Crippen LogP contribution in [0.5, 0.6) is 5.75 Å². The van der Waals surface area contributed by atoms with Gasteiger partial charge in [-0.15, -0.1) is 11.3 Å². The number of nitrogens with zero attached hydrogens (tertiary/aromatic N) is 3. The molecule has 30 heavy (non-hydrogen) atoms. The molecule has 1 N–H and O–H groups in total. The molecule has 4 rings (SSSR count). The standard InChI is InChI=1S/C22H24N4O3S/c1-13-9-24-20(11-23-13)15(3)26-21(27)16-6-17(22-25-10-14(2)30-22)8-19(7-16)29-18-4-5-28-12-18/h6-11,15,18H,4-5,12H2,1-3H3,(H,26,27)/t15?,18-/m1/s1. The van der Waals surface area contributed by atoms with Crippen LogP contribution in [-0.2, 0) is 4.74 Å². The average Bonchev–Trinajstić information content (AvgIpc) is 3.40. The molecule has 2 atom stereocenters. The van der Waals surface area contributed by atoms with E-state index in [0.29, 0.717) is 30.2 Å². The molecule has 1 unspecified atom stereocenters. The fourth-order valence-corrected chi connectivity index (χ4v) is 3.94. The summed E-state index contributed by atoms with van der Waals surface area (Å²) in [5.74, 6) is 0.441. The summed E-state index contributed by atoms with van der Waals surface area (Å²) >= 11 is 1.58. The molecule has 156 valence electrons. The van der Waals surface area contributed by atoms with E-state index in [4.69, 9.17) is 9.47 Å². The Balaban J connectivity index is 1.59. The Bertz CT molecular complexity index is 1030. The molecule has 0 bridgehead atoms. The van der Waals surface area contributed by atoms with Gasteiger partial charge in [0.05, 0.1) is 36.8 Å². The fraction of sp³-hybridized carbons (Fsp3) is 0.364. The van der Waals surface area contributed by atoms with Gasteiger partial charge in [-0.2, -0.15) is 0 Å². The highest BCUT2D eigenvalue weighted by Crippen LogP contribution is 2.30. The Morgan fingerprint density at radius 3 is 2.73 bits per heavy atom. The zero-order chi connectivity index (χ0) is 21.1. The minimum Gasteiger partial charge on any atom is -0.488 e. The van der Waals surface area contributed by atoms with Crippen LogP contribution in [0.4, 0.5) is 0 Å². The molecule has 1 fully saturated rings. The van der Waals surface area contributed by atoms with Gasteiger partial charge in [-0.3, -0.25) is 14.8 Å². The largest absolute Gasteiger partial charge is 0.488 e. The normalized spacial score (nSPS) is 17.0. The minimum absolute atomic E-state index is 0.00375. The Morgan fingerprint density at radius 2 is 2.07 bits per heavy atom. The van der Waals surface area contributed by atoms with E-state index in [1.807, 2.05) is 39.1 Å². The molecule has 1 saturated heterocycles. The molecule has 1 amide bonds. The van der Waals surface area contributed by atoms with Crippen LogP contribution in [0.1, 0.15) is 46.0 Å². The Morgan fingerprint density at radius 1 is 1.20 bits per heavy atom. The van der Waals surface area contributed by atoms with Crippen LogP contribution in [0.3, 0.4) is 0 Å². The molecule has 3 heterocycles. The first-order valence-corrected chi connectivity index (χ1v) is 10.7. The van der Waals surface area contributed by atoms with Crippen LogP contribution >= 0.6 is 11.3 Å². The topological polar surface area (TPSA) is 86.2 Å². The number of benzene rings is 1. The highest BCUT2D eigenvalue weighted by atomic mass is 32.1. The average molecular weight is 425 g/mol. The third kappa shape index (κ3) is 4.83. The van der Waals surface area contributed by atoms with E-state index < -0.39 is 0 Å². The quantitative estimate of drug-likeness (QED) is 0.646. The number of aryl methyl sites for hydroxylation is 2. The summed E-state index contributed by atoms with van der Waals surface area (Å²) < 4.78 is 11.5. The van der Waals surface area contributed by atoms with Crippen LogP contribution in [-0.4, -0.2) is 40.2 Å². The molecule has 2 aromatic heterocycles. The van der Waals surface area contributed by atoms with Gasteiger partial charge in [0, 0.05) is 34.8 Å². The highest BCUT2D eigenvalue weighted by molar-refractivity contribution is 7.14. The van der Waals surface area contributed by atoms with E-state index in [9.17, 15) is 4.79 Å². The first-order chi connectivity index (χ1) is 14.5. The molecule has 1 aliphatic rings. The molecule has 7 nitrogen and oxygen atoms in total. The zero-order valence-electron chi connectivity index (χ0n) is 17.2. The summed E-state index contributed by atoms with van der Waals surface area (Å²) in [5.41, 5.74) is 2.92. The van der Waals surface area contributed by atoms with Gasteiger partial charge >= 0.3 is 0 Å². The minimum atomic E-state index is -0.274. The third-order valence-electron chi connectivity index (χ3n) is 4.82.